The second-order valence-corrected chi connectivity index (χ2v) is 7.13. The number of imidazole rings is 1. The number of aliphatic carboxylic acids is 1. The maximum absolute atomic E-state index is 12.5. The molecule has 9 N–H and O–H groups in total. The number of hydrogen-bond donors (Lipinski definition) is 7. The minimum atomic E-state index is -1.57. The number of carboxylic acids is 1. The molecular formula is C17H25N7O7. The van der Waals surface area contributed by atoms with E-state index < -0.39 is 66.8 Å². The molecule has 170 valence electrons. The average molecular weight is 439 g/mol. The monoisotopic (exact) mass is 439 g/mol. The lowest BCUT2D eigenvalue weighted by atomic mass is 10.1. The number of nitrogens with two attached hydrogens (primary N) is 2. The lowest BCUT2D eigenvalue weighted by molar-refractivity contribution is -0.145. The number of H-pyrrole nitrogens is 1. The molecule has 1 saturated heterocycles. The van der Waals surface area contributed by atoms with E-state index in [2.05, 4.69) is 20.6 Å². The molecule has 0 bridgehead atoms. The molecule has 0 unspecified atom stereocenters. The third kappa shape index (κ3) is 6.75. The molecule has 31 heavy (non-hydrogen) atoms. The number of aliphatic hydroxyl groups excluding tert-OH is 1. The highest BCUT2D eigenvalue weighted by molar-refractivity contribution is 5.94. The molecule has 1 aliphatic heterocycles. The molecule has 14 heteroatoms. The normalized spacial score (nSPS) is 20.0. The largest absolute Gasteiger partial charge is 0.480 e. The van der Waals surface area contributed by atoms with E-state index in [4.69, 9.17) is 16.6 Å². The second-order valence-electron chi connectivity index (χ2n) is 7.13. The predicted octanol–water partition coefficient (Wildman–Crippen LogP) is -4.20. The number of aromatic nitrogens is 2. The van der Waals surface area contributed by atoms with Gasteiger partial charge in [-0.2, -0.15) is 0 Å². The highest BCUT2D eigenvalue weighted by atomic mass is 16.4. The number of carbonyl (C=O) groups is 5. The number of carbonyl (C=O) groups excluding carboxylic acids is 4. The molecule has 0 saturated carbocycles. The van der Waals surface area contributed by atoms with Crippen LogP contribution < -0.4 is 22.1 Å². The maximum atomic E-state index is 12.5. The SMILES string of the molecule is NC(=O)C[C@H](NC(=O)[C@@H]1C[C@@H](O)CN1C(=O)CNC(=O)[C@@H](N)Cc1cnc[nH]1)C(=O)O. The Bertz CT molecular complexity index is 829. The third-order valence-corrected chi connectivity index (χ3v) is 4.67. The number of nitrogens with zero attached hydrogens (tertiary/aromatic N) is 2. The van der Waals surface area contributed by atoms with Crippen molar-refractivity contribution in [3.8, 4) is 0 Å². The standard InChI is InChI=1S/C17H25N7O7/c18-10(1-8-4-20-7-22-8)15(28)21-5-14(27)24-6-9(25)2-12(24)16(29)23-11(17(30)31)3-13(19)26/h4,7,9-12,25H,1-3,5-6,18H2,(H2,19,26)(H,20,22)(H,21,28)(H,23,29)(H,30,31)/t9-,10+,11+,12+/m1/s1. The average Bonchev–Trinajstić information content (AvgIpc) is 3.34. The van der Waals surface area contributed by atoms with Gasteiger partial charge in [-0.3, -0.25) is 19.2 Å². The Morgan fingerprint density at radius 3 is 2.61 bits per heavy atom. The highest BCUT2D eigenvalue weighted by Crippen LogP contribution is 2.18. The number of aliphatic hydroxyl groups is 1. The van der Waals surface area contributed by atoms with E-state index in [0.29, 0.717) is 5.69 Å². The number of likely N-dealkylation sites (tertiary alicyclic amines) is 1. The second kappa shape index (κ2) is 10.5. The van der Waals surface area contributed by atoms with Crippen molar-refractivity contribution in [2.45, 2.75) is 43.5 Å². The van der Waals surface area contributed by atoms with Gasteiger partial charge in [-0.05, 0) is 0 Å². The number of amides is 4. The summed E-state index contributed by atoms with van der Waals surface area (Å²) in [6, 6.07) is -3.69. The highest BCUT2D eigenvalue weighted by Gasteiger charge is 2.40. The minimum Gasteiger partial charge on any atom is -0.480 e. The van der Waals surface area contributed by atoms with E-state index in [1.807, 2.05) is 0 Å². The number of rotatable bonds is 10. The Kier molecular flexibility index (Phi) is 8.04. The van der Waals surface area contributed by atoms with Gasteiger partial charge in [0.05, 0.1) is 31.4 Å². The molecule has 14 nitrogen and oxygen atoms in total. The zero-order valence-corrected chi connectivity index (χ0v) is 16.5. The quantitative estimate of drug-likeness (QED) is 0.187. The Balaban J connectivity index is 1.93. The van der Waals surface area contributed by atoms with Crippen molar-refractivity contribution in [3.05, 3.63) is 18.2 Å². The van der Waals surface area contributed by atoms with Crippen LogP contribution in [0.15, 0.2) is 12.5 Å². The van der Waals surface area contributed by atoms with Crippen LogP contribution in [-0.4, -0.2) is 92.0 Å². The molecule has 4 amide bonds. The van der Waals surface area contributed by atoms with Gasteiger partial charge in [0, 0.05) is 31.3 Å². The van der Waals surface area contributed by atoms with E-state index in [0.717, 1.165) is 4.90 Å². The smallest absolute Gasteiger partial charge is 0.326 e. The summed E-state index contributed by atoms with van der Waals surface area (Å²) in [5.74, 6) is -4.53. The fraction of sp³-hybridized carbons (Fsp3) is 0.529. The first-order valence-electron chi connectivity index (χ1n) is 9.38. The minimum absolute atomic E-state index is 0.131. The molecule has 0 spiro atoms. The van der Waals surface area contributed by atoms with Crippen molar-refractivity contribution in [2.75, 3.05) is 13.1 Å². The lowest BCUT2D eigenvalue weighted by Crippen LogP contribution is -2.53. The van der Waals surface area contributed by atoms with Gasteiger partial charge in [0.2, 0.25) is 23.6 Å². The Hall–Kier alpha value is -3.52. The number of carboxylic acid groups (broad SMARTS) is 1. The van der Waals surface area contributed by atoms with Crippen LogP contribution in [0, 0.1) is 0 Å². The van der Waals surface area contributed by atoms with Crippen molar-refractivity contribution >= 4 is 29.6 Å². The summed E-state index contributed by atoms with van der Waals surface area (Å²) in [7, 11) is 0. The number of nitrogens with one attached hydrogen (secondary N) is 3. The summed E-state index contributed by atoms with van der Waals surface area (Å²) in [6.07, 6.45) is 1.34. The first kappa shape index (κ1) is 23.8. The molecule has 2 rings (SSSR count). The van der Waals surface area contributed by atoms with Gasteiger partial charge in [-0.1, -0.05) is 0 Å². The van der Waals surface area contributed by atoms with Gasteiger partial charge >= 0.3 is 5.97 Å². The Labute approximate surface area is 176 Å². The van der Waals surface area contributed by atoms with Crippen LogP contribution in [0.4, 0.5) is 0 Å². The van der Waals surface area contributed by atoms with Crippen LogP contribution in [0.5, 0.6) is 0 Å². The van der Waals surface area contributed by atoms with E-state index >= 15 is 0 Å². The van der Waals surface area contributed by atoms with Gasteiger partial charge in [0.25, 0.3) is 0 Å². The van der Waals surface area contributed by atoms with Crippen molar-refractivity contribution in [1.82, 2.24) is 25.5 Å². The van der Waals surface area contributed by atoms with Crippen molar-refractivity contribution < 1.29 is 34.2 Å². The maximum Gasteiger partial charge on any atom is 0.326 e. The van der Waals surface area contributed by atoms with E-state index in [9.17, 15) is 29.1 Å². The van der Waals surface area contributed by atoms with Crippen LogP contribution in [0.1, 0.15) is 18.5 Å². The number of aromatic amines is 1. The first-order chi connectivity index (χ1) is 14.6. The molecular weight excluding hydrogens is 414 g/mol. The molecule has 0 radical (unpaired) electrons. The molecule has 4 atom stereocenters. The molecule has 2 heterocycles. The van der Waals surface area contributed by atoms with Crippen LogP contribution in [-0.2, 0) is 30.4 Å². The topological polar surface area (TPSA) is 234 Å². The summed E-state index contributed by atoms with van der Waals surface area (Å²) in [5.41, 5.74) is 11.4. The van der Waals surface area contributed by atoms with Gasteiger partial charge in [0.15, 0.2) is 0 Å². The van der Waals surface area contributed by atoms with Crippen molar-refractivity contribution in [3.63, 3.8) is 0 Å². The summed E-state index contributed by atoms with van der Waals surface area (Å²) in [4.78, 5) is 67.0. The van der Waals surface area contributed by atoms with Gasteiger partial charge in [0.1, 0.15) is 12.1 Å². The Morgan fingerprint density at radius 2 is 2.03 bits per heavy atom. The lowest BCUT2D eigenvalue weighted by Gasteiger charge is -2.25. The summed E-state index contributed by atoms with van der Waals surface area (Å²) in [6.45, 7) is -0.657. The number of β-amino-alcohol motifs (C(OH)–C–C–N with tert-alkyl or cyclic N) is 1. The molecule has 1 aromatic rings. The van der Waals surface area contributed by atoms with E-state index in [1.165, 1.54) is 12.5 Å². The van der Waals surface area contributed by atoms with Gasteiger partial charge < -0.3 is 42.2 Å². The molecule has 1 fully saturated rings. The van der Waals surface area contributed by atoms with Crippen molar-refractivity contribution in [2.24, 2.45) is 11.5 Å². The predicted molar refractivity (Wildman–Crippen MR) is 103 cm³/mol. The molecule has 1 aliphatic rings. The van der Waals surface area contributed by atoms with Gasteiger partial charge in [-0.15, -0.1) is 0 Å². The number of hydrogen-bond acceptors (Lipinski definition) is 8. The Morgan fingerprint density at radius 1 is 1.32 bits per heavy atom. The first-order valence-corrected chi connectivity index (χ1v) is 9.38. The third-order valence-electron chi connectivity index (χ3n) is 4.67. The fourth-order valence-corrected chi connectivity index (χ4v) is 3.13. The molecule has 0 aliphatic carbocycles. The van der Waals surface area contributed by atoms with E-state index in [1.54, 1.807) is 0 Å². The van der Waals surface area contributed by atoms with Crippen molar-refractivity contribution in [1.29, 1.82) is 0 Å². The molecule has 1 aromatic heterocycles. The van der Waals surface area contributed by atoms with Crippen LogP contribution in [0.2, 0.25) is 0 Å². The zero-order valence-electron chi connectivity index (χ0n) is 16.5. The van der Waals surface area contributed by atoms with E-state index in [-0.39, 0.29) is 19.4 Å². The summed E-state index contributed by atoms with van der Waals surface area (Å²) >= 11 is 0. The zero-order chi connectivity index (χ0) is 23.1. The van der Waals surface area contributed by atoms with Gasteiger partial charge in [-0.25, -0.2) is 9.78 Å². The van der Waals surface area contributed by atoms with Crippen LogP contribution in [0.25, 0.3) is 0 Å². The summed E-state index contributed by atoms with van der Waals surface area (Å²) < 4.78 is 0. The number of primary amides is 1. The fourth-order valence-electron chi connectivity index (χ4n) is 3.13. The molecule has 0 aromatic carbocycles. The van der Waals surface area contributed by atoms with Crippen LogP contribution in [0.3, 0.4) is 0 Å². The summed E-state index contributed by atoms with van der Waals surface area (Å²) in [5, 5.41) is 23.5. The van der Waals surface area contributed by atoms with Crippen LogP contribution >= 0.6 is 0 Å².